The average molecular weight is 755 g/mol. The maximum Gasteiger partial charge on any atom is 0.261 e. The maximum atomic E-state index is 13.7. The molecule has 0 saturated heterocycles. The molecule has 244 valence electrons. The van der Waals surface area contributed by atoms with E-state index in [9.17, 15) is 9.59 Å². The molecule has 6 aromatic rings. The SMILES string of the molecule is C[N+](C)(C)CCCN1C(=O)c2cccc3c(-c4ccc(C(=C(c5ccccc5)c5ccccc5)c5ccccc5)cc4)ccc(c23)C1=O.[I-]. The number of halogens is 1. The summed E-state index contributed by atoms with van der Waals surface area (Å²) in [6.07, 6.45) is 0.756. The fourth-order valence-electron chi connectivity index (χ4n) is 6.85. The zero-order valence-electron chi connectivity index (χ0n) is 28.1. The first-order chi connectivity index (χ1) is 23.3. The summed E-state index contributed by atoms with van der Waals surface area (Å²) < 4.78 is 0.785. The van der Waals surface area contributed by atoms with Crippen LogP contribution < -0.4 is 24.0 Å². The van der Waals surface area contributed by atoms with Crippen LogP contribution in [-0.2, 0) is 0 Å². The zero-order valence-corrected chi connectivity index (χ0v) is 30.2. The van der Waals surface area contributed by atoms with E-state index in [1.165, 1.54) is 10.5 Å². The van der Waals surface area contributed by atoms with Crippen molar-refractivity contribution < 1.29 is 38.0 Å². The van der Waals surface area contributed by atoms with Crippen molar-refractivity contribution in [2.75, 3.05) is 34.2 Å². The van der Waals surface area contributed by atoms with E-state index in [0.29, 0.717) is 17.7 Å². The first-order valence-corrected chi connectivity index (χ1v) is 16.5. The van der Waals surface area contributed by atoms with Gasteiger partial charge in [-0.3, -0.25) is 14.5 Å². The zero-order chi connectivity index (χ0) is 33.3. The Kier molecular flexibility index (Phi) is 9.95. The fraction of sp³-hybridized carbons (Fsp3) is 0.136. The van der Waals surface area contributed by atoms with Gasteiger partial charge >= 0.3 is 0 Å². The quantitative estimate of drug-likeness (QED) is 0.0763. The van der Waals surface area contributed by atoms with Crippen LogP contribution in [-0.4, -0.2) is 55.4 Å². The number of benzene rings is 6. The van der Waals surface area contributed by atoms with Gasteiger partial charge in [0.25, 0.3) is 11.8 Å². The summed E-state index contributed by atoms with van der Waals surface area (Å²) in [5.74, 6) is -0.419. The predicted octanol–water partition coefficient (Wildman–Crippen LogP) is 6.21. The summed E-state index contributed by atoms with van der Waals surface area (Å²) in [5, 5.41) is 1.66. The number of amides is 2. The first kappa shape index (κ1) is 34.0. The van der Waals surface area contributed by atoms with E-state index in [1.807, 2.05) is 48.5 Å². The molecule has 4 nitrogen and oxygen atoms in total. The molecule has 6 aromatic carbocycles. The van der Waals surface area contributed by atoms with E-state index in [1.54, 1.807) is 0 Å². The van der Waals surface area contributed by atoms with Gasteiger partial charge in [-0.2, -0.15) is 0 Å². The van der Waals surface area contributed by atoms with Gasteiger partial charge in [0.2, 0.25) is 0 Å². The minimum Gasteiger partial charge on any atom is -1.00 e. The van der Waals surface area contributed by atoms with Crippen molar-refractivity contribution >= 4 is 33.7 Å². The highest BCUT2D eigenvalue weighted by molar-refractivity contribution is 6.27. The van der Waals surface area contributed by atoms with Crippen LogP contribution in [0.1, 0.15) is 49.4 Å². The van der Waals surface area contributed by atoms with E-state index < -0.39 is 0 Å². The number of imide groups is 1. The second kappa shape index (κ2) is 14.3. The lowest BCUT2D eigenvalue weighted by atomic mass is 9.85. The van der Waals surface area contributed by atoms with Crippen molar-refractivity contribution in [1.29, 1.82) is 0 Å². The molecule has 0 bridgehead atoms. The predicted molar refractivity (Wildman–Crippen MR) is 197 cm³/mol. The first-order valence-electron chi connectivity index (χ1n) is 16.5. The molecule has 0 radical (unpaired) electrons. The minimum absolute atomic E-state index is 0. The molecule has 1 heterocycles. The van der Waals surface area contributed by atoms with E-state index in [2.05, 4.69) is 118 Å². The molecule has 1 aliphatic heterocycles. The molecule has 0 unspecified atom stereocenters. The van der Waals surface area contributed by atoms with Crippen LogP contribution in [0.4, 0.5) is 0 Å². The van der Waals surface area contributed by atoms with E-state index in [0.717, 1.165) is 67.2 Å². The fourth-order valence-corrected chi connectivity index (χ4v) is 6.85. The second-order valence-corrected chi connectivity index (χ2v) is 13.4. The molecular formula is C44H39IN2O2. The van der Waals surface area contributed by atoms with E-state index in [-0.39, 0.29) is 35.8 Å². The van der Waals surface area contributed by atoms with E-state index >= 15 is 0 Å². The van der Waals surface area contributed by atoms with Gasteiger partial charge in [-0.1, -0.05) is 133 Å². The molecule has 0 aromatic heterocycles. The second-order valence-electron chi connectivity index (χ2n) is 13.4. The number of hydrogen-bond donors (Lipinski definition) is 0. The molecule has 0 fully saturated rings. The van der Waals surface area contributed by atoms with Crippen LogP contribution in [0.15, 0.2) is 146 Å². The van der Waals surface area contributed by atoms with Crippen molar-refractivity contribution in [3.8, 4) is 11.1 Å². The van der Waals surface area contributed by atoms with Gasteiger partial charge in [0, 0.05) is 29.5 Å². The van der Waals surface area contributed by atoms with E-state index in [4.69, 9.17) is 0 Å². The molecular weight excluding hydrogens is 715 g/mol. The Morgan fingerprint density at radius 1 is 0.510 bits per heavy atom. The smallest absolute Gasteiger partial charge is 0.261 e. The lowest BCUT2D eigenvalue weighted by Gasteiger charge is -2.29. The third-order valence-corrected chi connectivity index (χ3v) is 9.12. The van der Waals surface area contributed by atoms with Crippen molar-refractivity contribution in [2.45, 2.75) is 6.42 Å². The number of quaternary nitrogens is 1. The largest absolute Gasteiger partial charge is 1.00 e. The summed E-state index contributed by atoms with van der Waals surface area (Å²) in [5.41, 5.74) is 10.1. The lowest BCUT2D eigenvalue weighted by molar-refractivity contribution is -0.870. The van der Waals surface area contributed by atoms with Gasteiger partial charge in [-0.15, -0.1) is 0 Å². The third-order valence-electron chi connectivity index (χ3n) is 9.12. The van der Waals surface area contributed by atoms with Gasteiger partial charge in [0.1, 0.15) is 0 Å². The molecule has 1 aliphatic rings. The summed E-state index contributed by atoms with van der Waals surface area (Å²) in [7, 11) is 6.36. The number of hydrogen-bond acceptors (Lipinski definition) is 2. The monoisotopic (exact) mass is 754 g/mol. The van der Waals surface area contributed by atoms with Crippen LogP contribution in [0.5, 0.6) is 0 Å². The average Bonchev–Trinajstić information content (AvgIpc) is 3.11. The van der Waals surface area contributed by atoms with Crippen molar-refractivity contribution in [3.05, 3.63) is 179 Å². The molecule has 0 atom stereocenters. The number of rotatable bonds is 9. The molecule has 0 saturated carbocycles. The Labute approximate surface area is 305 Å². The molecule has 0 aliphatic carbocycles. The van der Waals surface area contributed by atoms with Gasteiger partial charge in [0.05, 0.1) is 27.7 Å². The van der Waals surface area contributed by atoms with Crippen LogP contribution >= 0.6 is 0 Å². The van der Waals surface area contributed by atoms with Gasteiger partial charge in [0.15, 0.2) is 0 Å². The Morgan fingerprint density at radius 3 is 1.45 bits per heavy atom. The molecule has 0 spiro atoms. The van der Waals surface area contributed by atoms with Crippen molar-refractivity contribution in [3.63, 3.8) is 0 Å². The highest BCUT2D eigenvalue weighted by Crippen LogP contribution is 2.40. The molecule has 7 rings (SSSR count). The highest BCUT2D eigenvalue weighted by Gasteiger charge is 2.33. The van der Waals surface area contributed by atoms with Crippen LogP contribution in [0, 0.1) is 0 Å². The Bertz CT molecular complexity index is 2090. The molecule has 5 heteroatoms. The number of carbonyl (C=O) groups is 2. The maximum absolute atomic E-state index is 13.7. The number of nitrogens with zero attached hydrogens (tertiary/aromatic N) is 2. The molecule has 49 heavy (non-hydrogen) atoms. The Hall–Kier alpha value is -4.85. The van der Waals surface area contributed by atoms with Crippen molar-refractivity contribution in [2.24, 2.45) is 0 Å². The topological polar surface area (TPSA) is 37.4 Å². The molecule has 2 amide bonds. The highest BCUT2D eigenvalue weighted by atomic mass is 127. The summed E-state index contributed by atoms with van der Waals surface area (Å²) >= 11 is 0. The summed E-state index contributed by atoms with van der Waals surface area (Å²) in [6.45, 7) is 1.29. The van der Waals surface area contributed by atoms with Gasteiger partial charge in [-0.05, 0) is 62.0 Å². The minimum atomic E-state index is -0.209. The van der Waals surface area contributed by atoms with Gasteiger partial charge in [-0.25, -0.2) is 0 Å². The third kappa shape index (κ3) is 6.87. The van der Waals surface area contributed by atoms with Crippen molar-refractivity contribution in [1.82, 2.24) is 4.90 Å². The lowest BCUT2D eigenvalue weighted by Crippen LogP contribution is -3.00. The molecule has 0 N–H and O–H groups in total. The summed E-state index contributed by atoms with van der Waals surface area (Å²) in [4.78, 5) is 28.8. The van der Waals surface area contributed by atoms with Crippen LogP contribution in [0.3, 0.4) is 0 Å². The Morgan fingerprint density at radius 2 is 0.959 bits per heavy atom. The van der Waals surface area contributed by atoms with Gasteiger partial charge < -0.3 is 28.5 Å². The summed E-state index contributed by atoms with van der Waals surface area (Å²) in [6, 6.07) is 50.1. The van der Waals surface area contributed by atoms with Crippen LogP contribution in [0.25, 0.3) is 33.0 Å². The normalized spacial score (nSPS) is 12.5. The van der Waals surface area contributed by atoms with Crippen LogP contribution in [0.2, 0.25) is 0 Å². The number of carbonyl (C=O) groups excluding carboxylic acids is 2. The Balaban J connectivity index is 0.00000417. The standard InChI is InChI=1S/C44H39N2O2.HI/c1-46(2,3)30-14-29-45-43(47)38-22-13-21-37-36(27-28-39(42(37)38)44(45)48)31-23-25-35(26-24-31)41(34-19-11-6-12-20-34)40(32-15-7-4-8-16-32)33-17-9-5-10-18-33;/h4-13,15-28H,14,29-30H2,1-3H3;1H/q+1;/p-1.